The number of nitriles is 2. The molecule has 2 saturated heterocycles. The van der Waals surface area contributed by atoms with Crippen molar-refractivity contribution in [3.05, 3.63) is 117 Å². The first-order chi connectivity index (χ1) is 33.4. The van der Waals surface area contributed by atoms with E-state index >= 15 is 0 Å². The summed E-state index contributed by atoms with van der Waals surface area (Å²) in [5, 5.41) is 24.3. The summed E-state index contributed by atoms with van der Waals surface area (Å²) in [4.78, 5) is 71.8. The first-order valence-electron chi connectivity index (χ1n) is 23.2. The minimum Gasteiger partial charge on any atom is -0.328 e. The lowest BCUT2D eigenvalue weighted by Crippen LogP contribution is -2.38. The van der Waals surface area contributed by atoms with Gasteiger partial charge in [0, 0.05) is 76.1 Å². The Morgan fingerprint density at radius 2 is 1.10 bits per heavy atom. The van der Waals surface area contributed by atoms with Crippen molar-refractivity contribution in [1.29, 1.82) is 10.5 Å². The third-order valence-corrected chi connectivity index (χ3v) is 12.7. The van der Waals surface area contributed by atoms with Gasteiger partial charge in [-0.25, -0.2) is 29.5 Å². The molecule has 0 unspecified atom stereocenters. The lowest BCUT2D eigenvalue weighted by molar-refractivity contribution is -0.130. The van der Waals surface area contributed by atoms with Crippen molar-refractivity contribution in [2.75, 3.05) is 0 Å². The number of nitrogens with zero attached hydrogens (tertiary/aromatic N) is 11. The molecule has 8 rings (SSSR count). The third kappa shape index (κ3) is 13.1. The molecule has 1 N–H and O–H groups in total. The molecule has 2 atom stereocenters. The molecule has 0 spiro atoms. The summed E-state index contributed by atoms with van der Waals surface area (Å²) in [6.45, 7) is 22.9. The fourth-order valence-corrected chi connectivity index (χ4v) is 9.26. The first kappa shape index (κ1) is 53.9. The largest absolute Gasteiger partial charge is 0.328 e. The standard InChI is InChI=1S/C26H29ClN6O2.C13H15BrN4.C13H15ClN2O2/c1-16(2)22-24(34)32(25(35)31(22)13-17-6-8-19(27)9-7-17)14-20-10-18-12-29-21(11-28)30-23(18)33(20)15-26(3,4)5;1-13(2,3)8-18-10(5-14)4-9-7-16-11(6-15)17-12(9)18;1-8(2)11-12(17)15-13(18)16(11)7-9-3-5-10(14)6-4-9/h6-10,12,16,22H,13-15H2,1-5H3;4,7H,5,8H2,1-3H3;3-6,8,11H,7H2,1-2H3,(H,15,17,18)/t22-;;11-/m1.1/s1. The van der Waals surface area contributed by atoms with Crippen LogP contribution in [0.1, 0.15) is 103 Å². The molecule has 6 heterocycles. The number of alkyl halides is 1. The van der Waals surface area contributed by atoms with Crippen LogP contribution in [-0.2, 0) is 47.6 Å². The van der Waals surface area contributed by atoms with E-state index in [4.69, 9.17) is 28.5 Å². The number of amides is 6. The maximum absolute atomic E-state index is 13.5. The third-order valence-electron chi connectivity index (χ3n) is 11.6. The van der Waals surface area contributed by atoms with Crippen molar-refractivity contribution in [3.8, 4) is 12.1 Å². The van der Waals surface area contributed by atoms with Gasteiger partial charge >= 0.3 is 12.1 Å². The average molecular weight is 1070 g/mol. The molecule has 0 bridgehead atoms. The van der Waals surface area contributed by atoms with Crippen molar-refractivity contribution >= 4 is 85.1 Å². The molecule has 2 aromatic carbocycles. The molecular formula is C52H59BrCl2N12O4. The molecule has 2 aliphatic heterocycles. The van der Waals surface area contributed by atoms with Gasteiger partial charge in [0.25, 0.3) is 11.8 Å². The number of carbonyl (C=O) groups excluding carboxylic acids is 4. The number of nitrogens with one attached hydrogen (secondary N) is 1. The van der Waals surface area contributed by atoms with Gasteiger partial charge in [0.2, 0.25) is 11.6 Å². The lowest BCUT2D eigenvalue weighted by atomic mass is 9.97. The number of imide groups is 2. The summed E-state index contributed by atoms with van der Waals surface area (Å²) in [5.74, 6) is -0.0900. The van der Waals surface area contributed by atoms with Crippen molar-refractivity contribution in [1.82, 2.24) is 49.1 Å². The van der Waals surface area contributed by atoms with E-state index in [9.17, 15) is 24.4 Å². The van der Waals surface area contributed by atoms with Crippen LogP contribution in [-0.4, -0.2) is 79.7 Å². The zero-order valence-electron chi connectivity index (χ0n) is 41.7. The molecule has 372 valence electrons. The second-order valence-electron chi connectivity index (χ2n) is 20.8. The van der Waals surface area contributed by atoms with E-state index in [1.807, 2.05) is 74.7 Å². The monoisotopic (exact) mass is 1060 g/mol. The quantitative estimate of drug-likeness (QED) is 0.0962. The smallest absolute Gasteiger partial charge is 0.328 e. The highest BCUT2D eigenvalue weighted by Crippen LogP contribution is 2.31. The van der Waals surface area contributed by atoms with Gasteiger partial charge in [-0.1, -0.05) is 133 Å². The van der Waals surface area contributed by atoms with E-state index in [2.05, 4.69) is 93.4 Å². The van der Waals surface area contributed by atoms with Crippen molar-refractivity contribution < 1.29 is 19.2 Å². The van der Waals surface area contributed by atoms with Gasteiger partial charge < -0.3 is 18.9 Å². The zero-order chi connectivity index (χ0) is 52.1. The summed E-state index contributed by atoms with van der Waals surface area (Å²) >= 11 is 15.3. The molecule has 0 radical (unpaired) electrons. The van der Waals surface area contributed by atoms with Crippen molar-refractivity contribution in [3.63, 3.8) is 0 Å². The number of aromatic nitrogens is 6. The summed E-state index contributed by atoms with van der Waals surface area (Å²) < 4.78 is 4.15. The Balaban J connectivity index is 0.000000192. The molecule has 19 heteroatoms. The number of fused-ring (bicyclic) bond motifs is 2. The zero-order valence-corrected chi connectivity index (χ0v) is 44.8. The van der Waals surface area contributed by atoms with Gasteiger partial charge in [-0.3, -0.25) is 19.8 Å². The van der Waals surface area contributed by atoms with E-state index in [1.54, 1.807) is 46.5 Å². The Labute approximate surface area is 433 Å². The molecule has 0 saturated carbocycles. The van der Waals surface area contributed by atoms with Crippen LogP contribution in [0, 0.1) is 45.3 Å². The van der Waals surface area contributed by atoms with Crippen LogP contribution in [0.25, 0.3) is 22.1 Å². The van der Waals surface area contributed by atoms with Gasteiger partial charge in [0.1, 0.15) is 35.5 Å². The molecule has 6 amide bonds. The van der Waals surface area contributed by atoms with Gasteiger partial charge in [-0.05, 0) is 70.2 Å². The predicted octanol–water partition coefficient (Wildman–Crippen LogP) is 10.7. The molecule has 2 aliphatic rings. The van der Waals surface area contributed by atoms with E-state index in [0.29, 0.717) is 35.3 Å². The van der Waals surface area contributed by atoms with Crippen molar-refractivity contribution in [2.45, 2.75) is 119 Å². The number of urea groups is 2. The topological polar surface area (TPSA) is 199 Å². The highest BCUT2D eigenvalue weighted by molar-refractivity contribution is 9.08. The van der Waals surface area contributed by atoms with E-state index in [1.165, 1.54) is 4.90 Å². The van der Waals surface area contributed by atoms with Gasteiger partial charge in [-0.15, -0.1) is 0 Å². The molecule has 0 aliphatic carbocycles. The summed E-state index contributed by atoms with van der Waals surface area (Å²) in [6.07, 6.45) is 3.33. The molecule has 16 nitrogen and oxygen atoms in total. The highest BCUT2D eigenvalue weighted by atomic mass is 79.9. The van der Waals surface area contributed by atoms with Crippen LogP contribution in [0.2, 0.25) is 10.0 Å². The minimum atomic E-state index is -0.552. The second kappa shape index (κ2) is 22.4. The normalized spacial score (nSPS) is 16.1. The number of hydrogen-bond donors (Lipinski definition) is 1. The number of carbonyl (C=O) groups is 4. The van der Waals surface area contributed by atoms with Gasteiger partial charge in [0.15, 0.2) is 0 Å². The minimum absolute atomic E-state index is 0.0479. The molecule has 71 heavy (non-hydrogen) atoms. The number of halogens is 3. The predicted molar refractivity (Wildman–Crippen MR) is 277 cm³/mol. The Morgan fingerprint density at radius 1 is 0.662 bits per heavy atom. The van der Waals surface area contributed by atoms with E-state index in [0.717, 1.165) is 50.8 Å². The fourth-order valence-electron chi connectivity index (χ4n) is 8.54. The Kier molecular flexibility index (Phi) is 17.0. The van der Waals surface area contributed by atoms with Gasteiger partial charge in [0.05, 0.1) is 6.54 Å². The van der Waals surface area contributed by atoms with Crippen LogP contribution >= 0.6 is 39.1 Å². The highest BCUT2D eigenvalue weighted by Gasteiger charge is 2.47. The summed E-state index contributed by atoms with van der Waals surface area (Å²) in [5.41, 5.74) is 5.31. The van der Waals surface area contributed by atoms with Crippen LogP contribution < -0.4 is 5.32 Å². The molecule has 4 aromatic heterocycles. The van der Waals surface area contributed by atoms with Crippen molar-refractivity contribution in [2.24, 2.45) is 22.7 Å². The van der Waals surface area contributed by atoms with E-state index in [-0.39, 0.29) is 64.7 Å². The lowest BCUT2D eigenvalue weighted by Gasteiger charge is -2.24. The average Bonchev–Trinajstić information content (AvgIpc) is 3.98. The second-order valence-corrected chi connectivity index (χ2v) is 22.2. The molecule has 2 fully saturated rings. The Morgan fingerprint density at radius 3 is 1.52 bits per heavy atom. The molecule has 6 aromatic rings. The fraction of sp³-hybridized carbons (Fsp3) is 0.423. The number of benzene rings is 2. The summed E-state index contributed by atoms with van der Waals surface area (Å²) in [6, 6.07) is 20.9. The molecular weight excluding hydrogens is 1010 g/mol. The van der Waals surface area contributed by atoms with Crippen LogP contribution in [0.15, 0.2) is 73.1 Å². The van der Waals surface area contributed by atoms with E-state index < -0.39 is 12.1 Å². The maximum Gasteiger partial charge on any atom is 0.328 e. The first-order valence-corrected chi connectivity index (χ1v) is 25.1. The Hall–Kier alpha value is -6.40. The number of rotatable bonds is 11. The van der Waals surface area contributed by atoms with Crippen LogP contribution in [0.4, 0.5) is 9.59 Å². The Bertz CT molecular complexity index is 3020. The SMILES string of the molecule is CC(C)(C)Cn1c(CBr)cc2cnc(C#N)nc21.CC(C)[C@@H]1C(=O)N(Cc2cc3cnc(C#N)nc3n2CC(C)(C)C)C(=O)N1Cc1ccc(Cl)cc1.CC(C)[C@@H]1C(=O)NC(=O)N1Cc1ccc(Cl)cc1. The van der Waals surface area contributed by atoms with Crippen LogP contribution in [0.5, 0.6) is 0 Å². The van der Waals surface area contributed by atoms with Gasteiger partial charge in [-0.2, -0.15) is 10.5 Å². The summed E-state index contributed by atoms with van der Waals surface area (Å²) in [7, 11) is 0. The van der Waals surface area contributed by atoms with Crippen LogP contribution in [0.3, 0.4) is 0 Å². The maximum atomic E-state index is 13.5. The number of hydrogen-bond acceptors (Lipinski definition) is 10.